The Kier molecular flexibility index (Phi) is 7.05. The molecular formula is C20H33NO6. The third-order valence-corrected chi connectivity index (χ3v) is 6.37. The molecule has 6 atom stereocenters. The quantitative estimate of drug-likeness (QED) is 0.355. The van der Waals surface area contributed by atoms with E-state index in [1.165, 1.54) is 14.0 Å². The maximum Gasteiger partial charge on any atom is 0.335 e. The fourth-order valence-electron chi connectivity index (χ4n) is 4.67. The zero-order chi connectivity index (χ0) is 20.2. The number of aliphatic hydroxyl groups excluding tert-OH is 2. The molecule has 0 radical (unpaired) electrons. The van der Waals surface area contributed by atoms with Crippen LogP contribution in [0.5, 0.6) is 0 Å². The molecule has 7 nitrogen and oxygen atoms in total. The van der Waals surface area contributed by atoms with Gasteiger partial charge in [0.15, 0.2) is 5.54 Å². The van der Waals surface area contributed by atoms with Gasteiger partial charge < -0.3 is 25.4 Å². The van der Waals surface area contributed by atoms with Crippen molar-refractivity contribution in [2.45, 2.75) is 82.1 Å². The maximum atomic E-state index is 12.8. The largest absolute Gasteiger partial charge is 0.479 e. The highest BCUT2D eigenvalue weighted by atomic mass is 16.5. The molecule has 1 aliphatic heterocycles. The number of unbranched alkanes of at least 4 members (excludes halogenated alkanes) is 2. The Labute approximate surface area is 160 Å². The zero-order valence-electron chi connectivity index (χ0n) is 16.5. The van der Waals surface area contributed by atoms with Crippen LogP contribution < -0.4 is 5.32 Å². The van der Waals surface area contributed by atoms with Gasteiger partial charge in [-0.25, -0.2) is 4.79 Å². The molecule has 2 unspecified atom stereocenters. The number of hydrogen-bond donors (Lipinski definition) is 4. The predicted molar refractivity (Wildman–Crippen MR) is 100 cm³/mol. The predicted octanol–water partition coefficient (Wildman–Crippen LogP) is 1.62. The standard InChI is InChI=1S/C20H33NO6/c1-4-5-7-12-14(22)15-17(24)21-20(18(25)26,19(15,2)27-3)16(23)13-10-8-6-9-11-13/h8,10,13-16,22-23H,4-7,9,11-12H2,1-3H3,(H,21,24)(H,25,26)/t13-,14?,15+,16?,19+,20+/m1/s1. The first-order chi connectivity index (χ1) is 12.8. The van der Waals surface area contributed by atoms with Gasteiger partial charge in [0.1, 0.15) is 5.60 Å². The topological polar surface area (TPSA) is 116 Å². The second kappa shape index (κ2) is 8.71. The molecule has 1 fully saturated rings. The number of hydrogen-bond acceptors (Lipinski definition) is 5. The third-order valence-electron chi connectivity index (χ3n) is 6.37. The molecule has 0 aromatic rings. The minimum absolute atomic E-state index is 0.375. The van der Waals surface area contributed by atoms with Crippen molar-refractivity contribution in [2.75, 3.05) is 7.11 Å². The lowest BCUT2D eigenvalue weighted by Crippen LogP contribution is -2.71. The normalized spacial score (nSPS) is 35.7. The number of aliphatic hydroxyl groups is 2. The Hall–Kier alpha value is -1.44. The summed E-state index contributed by atoms with van der Waals surface area (Å²) in [4.78, 5) is 25.2. The fourth-order valence-corrected chi connectivity index (χ4v) is 4.67. The number of carboxylic acid groups (broad SMARTS) is 1. The molecule has 1 saturated heterocycles. The lowest BCUT2D eigenvalue weighted by atomic mass is 9.67. The average Bonchev–Trinajstić information content (AvgIpc) is 2.90. The van der Waals surface area contributed by atoms with E-state index in [0.717, 1.165) is 32.1 Å². The van der Waals surface area contributed by atoms with E-state index in [0.29, 0.717) is 12.8 Å². The fraction of sp³-hybridized carbons (Fsp3) is 0.800. The molecule has 7 heteroatoms. The number of carbonyl (C=O) groups excluding carboxylic acids is 1. The molecule has 1 amide bonds. The zero-order valence-corrected chi connectivity index (χ0v) is 16.5. The van der Waals surface area contributed by atoms with Crippen molar-refractivity contribution in [3.8, 4) is 0 Å². The molecule has 2 aliphatic rings. The van der Waals surface area contributed by atoms with E-state index in [1.807, 2.05) is 19.1 Å². The molecular weight excluding hydrogens is 350 g/mol. The molecule has 0 aromatic heterocycles. The van der Waals surface area contributed by atoms with Crippen molar-refractivity contribution in [3.05, 3.63) is 12.2 Å². The molecule has 0 spiro atoms. The number of rotatable bonds is 9. The summed E-state index contributed by atoms with van der Waals surface area (Å²) in [5, 5.41) is 34.4. The van der Waals surface area contributed by atoms with Gasteiger partial charge in [-0.05, 0) is 32.6 Å². The van der Waals surface area contributed by atoms with Gasteiger partial charge in [0.25, 0.3) is 0 Å². The highest BCUT2D eigenvalue weighted by molar-refractivity contribution is 5.96. The van der Waals surface area contributed by atoms with Crippen molar-refractivity contribution in [1.29, 1.82) is 0 Å². The number of amides is 1. The van der Waals surface area contributed by atoms with Crippen LogP contribution in [0.3, 0.4) is 0 Å². The Morgan fingerprint density at radius 2 is 2.11 bits per heavy atom. The number of ether oxygens (including phenoxy) is 1. The minimum Gasteiger partial charge on any atom is -0.479 e. The SMILES string of the molecule is CCCCCC(O)[C@H]1C(=O)N[C@](C(=O)O)(C(O)[C@@H]2C=CCCC2)[C@@]1(C)OC. The number of carboxylic acids is 1. The van der Waals surface area contributed by atoms with E-state index in [2.05, 4.69) is 5.32 Å². The van der Waals surface area contributed by atoms with Crippen LogP contribution in [-0.2, 0) is 14.3 Å². The van der Waals surface area contributed by atoms with E-state index < -0.39 is 47.1 Å². The van der Waals surface area contributed by atoms with Crippen molar-refractivity contribution in [2.24, 2.45) is 11.8 Å². The summed E-state index contributed by atoms with van der Waals surface area (Å²) in [6.07, 6.45) is 6.67. The van der Waals surface area contributed by atoms with Gasteiger partial charge in [0.2, 0.25) is 5.91 Å². The molecule has 1 aliphatic carbocycles. The van der Waals surface area contributed by atoms with Gasteiger partial charge in [-0.1, -0.05) is 38.3 Å². The van der Waals surface area contributed by atoms with Crippen molar-refractivity contribution in [1.82, 2.24) is 5.32 Å². The number of methoxy groups -OCH3 is 1. The molecule has 2 rings (SSSR count). The summed E-state index contributed by atoms with van der Waals surface area (Å²) < 4.78 is 5.59. The second-order valence-corrected chi connectivity index (χ2v) is 7.92. The van der Waals surface area contributed by atoms with Gasteiger partial charge in [-0.2, -0.15) is 0 Å². The summed E-state index contributed by atoms with van der Waals surface area (Å²) in [7, 11) is 1.33. The maximum absolute atomic E-state index is 12.8. The summed E-state index contributed by atoms with van der Waals surface area (Å²) in [5.41, 5.74) is -3.62. The highest BCUT2D eigenvalue weighted by Crippen LogP contribution is 2.46. The van der Waals surface area contributed by atoms with Crippen molar-refractivity contribution < 1.29 is 29.6 Å². The smallest absolute Gasteiger partial charge is 0.335 e. The highest BCUT2D eigenvalue weighted by Gasteiger charge is 2.71. The summed E-state index contributed by atoms with van der Waals surface area (Å²) in [6.45, 7) is 3.54. The first-order valence-electron chi connectivity index (χ1n) is 9.89. The van der Waals surface area contributed by atoms with Crippen molar-refractivity contribution in [3.63, 3.8) is 0 Å². The summed E-state index contributed by atoms with van der Waals surface area (Å²) in [6, 6.07) is 0. The molecule has 27 heavy (non-hydrogen) atoms. The molecule has 4 N–H and O–H groups in total. The van der Waals surface area contributed by atoms with Gasteiger partial charge >= 0.3 is 5.97 Å². The minimum atomic E-state index is -2.03. The first-order valence-corrected chi connectivity index (χ1v) is 9.89. The van der Waals surface area contributed by atoms with E-state index in [4.69, 9.17) is 4.74 Å². The Balaban J connectivity index is 2.42. The molecule has 1 heterocycles. The molecule has 154 valence electrons. The van der Waals surface area contributed by atoms with Crippen LogP contribution in [0.25, 0.3) is 0 Å². The number of allylic oxidation sites excluding steroid dienone is 1. The lowest BCUT2D eigenvalue weighted by molar-refractivity contribution is -0.180. The van der Waals surface area contributed by atoms with E-state index >= 15 is 0 Å². The summed E-state index contributed by atoms with van der Waals surface area (Å²) >= 11 is 0. The van der Waals surface area contributed by atoms with E-state index in [1.54, 1.807) is 0 Å². The van der Waals surface area contributed by atoms with Gasteiger partial charge in [-0.3, -0.25) is 4.79 Å². The summed E-state index contributed by atoms with van der Waals surface area (Å²) in [5.74, 6) is -3.42. The monoisotopic (exact) mass is 383 g/mol. The van der Waals surface area contributed by atoms with Crippen LogP contribution in [0.4, 0.5) is 0 Å². The second-order valence-electron chi connectivity index (χ2n) is 7.92. The van der Waals surface area contributed by atoms with E-state index in [-0.39, 0.29) is 0 Å². The Bertz CT molecular complexity index is 579. The van der Waals surface area contributed by atoms with Crippen LogP contribution in [0, 0.1) is 11.8 Å². The van der Waals surface area contributed by atoms with Crippen LogP contribution in [0.15, 0.2) is 12.2 Å². The van der Waals surface area contributed by atoms with Gasteiger partial charge in [0, 0.05) is 13.0 Å². The van der Waals surface area contributed by atoms with Crippen LogP contribution in [0.2, 0.25) is 0 Å². The average molecular weight is 383 g/mol. The Morgan fingerprint density at radius 3 is 2.63 bits per heavy atom. The Morgan fingerprint density at radius 1 is 1.41 bits per heavy atom. The van der Waals surface area contributed by atoms with E-state index in [9.17, 15) is 24.9 Å². The lowest BCUT2D eigenvalue weighted by Gasteiger charge is -2.46. The number of nitrogens with one attached hydrogen (secondary N) is 1. The van der Waals surface area contributed by atoms with Crippen LogP contribution in [-0.4, -0.2) is 57.7 Å². The third kappa shape index (κ3) is 3.65. The van der Waals surface area contributed by atoms with Crippen LogP contribution >= 0.6 is 0 Å². The van der Waals surface area contributed by atoms with Gasteiger partial charge in [0.05, 0.1) is 18.1 Å². The van der Waals surface area contributed by atoms with Crippen LogP contribution in [0.1, 0.15) is 58.8 Å². The number of carbonyl (C=O) groups is 2. The number of aliphatic carboxylic acids is 1. The first kappa shape index (κ1) is 21.9. The molecule has 0 aromatic carbocycles. The molecule has 0 saturated carbocycles. The van der Waals surface area contributed by atoms with Gasteiger partial charge in [-0.15, -0.1) is 0 Å². The van der Waals surface area contributed by atoms with Crippen molar-refractivity contribution >= 4 is 11.9 Å². The molecule has 0 bridgehead atoms.